The molecule has 0 aliphatic rings. The Hall–Kier alpha value is -1.35. The van der Waals surface area contributed by atoms with Crippen molar-refractivity contribution in [2.45, 2.75) is 33.4 Å². The van der Waals surface area contributed by atoms with Gasteiger partial charge in [-0.3, -0.25) is 0 Å². The molecule has 0 aromatic heterocycles. The van der Waals surface area contributed by atoms with Crippen LogP contribution in [0.15, 0.2) is 30.4 Å². The minimum atomic E-state index is -0.261. The second-order valence-corrected chi connectivity index (χ2v) is 4.21. The summed E-state index contributed by atoms with van der Waals surface area (Å²) in [6, 6.07) is 5.17. The van der Waals surface area contributed by atoms with Crippen LogP contribution in [0.3, 0.4) is 0 Å². The minimum absolute atomic E-state index is 0.261. The van der Waals surface area contributed by atoms with Crippen molar-refractivity contribution in [3.8, 4) is 5.75 Å². The van der Waals surface area contributed by atoms with Crippen molar-refractivity contribution < 1.29 is 9.13 Å². The number of hydrogen-bond acceptors (Lipinski definition) is 2. The van der Waals surface area contributed by atoms with Gasteiger partial charge in [-0.15, -0.1) is 0 Å². The predicted octanol–water partition coefficient (Wildman–Crippen LogP) is 3.28. The maximum absolute atomic E-state index is 13.3. The highest BCUT2D eigenvalue weighted by Crippen LogP contribution is 2.16. The standard InChI is InChI=1S/C14H20FNO/c1-4-5-6-17-14-8-12(7-13(15)9-14)10-16-11(2)3/h4-5,7-9,11,16H,6,10H2,1-3H3/b5-4+. The van der Waals surface area contributed by atoms with Gasteiger partial charge in [-0.25, -0.2) is 4.39 Å². The zero-order valence-corrected chi connectivity index (χ0v) is 10.7. The Kier molecular flexibility index (Phi) is 5.70. The zero-order chi connectivity index (χ0) is 12.7. The molecule has 0 atom stereocenters. The lowest BCUT2D eigenvalue weighted by molar-refractivity contribution is 0.359. The van der Waals surface area contributed by atoms with Gasteiger partial charge in [0.1, 0.15) is 18.2 Å². The predicted molar refractivity (Wildman–Crippen MR) is 68.7 cm³/mol. The zero-order valence-electron chi connectivity index (χ0n) is 10.7. The van der Waals surface area contributed by atoms with E-state index in [0.29, 0.717) is 24.9 Å². The summed E-state index contributed by atoms with van der Waals surface area (Å²) >= 11 is 0. The van der Waals surface area contributed by atoms with Gasteiger partial charge in [-0.1, -0.05) is 26.0 Å². The monoisotopic (exact) mass is 237 g/mol. The van der Waals surface area contributed by atoms with Gasteiger partial charge in [0.2, 0.25) is 0 Å². The Balaban J connectivity index is 2.65. The third kappa shape index (κ3) is 5.50. The van der Waals surface area contributed by atoms with Crippen LogP contribution in [-0.2, 0) is 6.54 Å². The second kappa shape index (κ2) is 7.07. The van der Waals surface area contributed by atoms with Gasteiger partial charge >= 0.3 is 0 Å². The Morgan fingerprint density at radius 3 is 2.76 bits per heavy atom. The summed E-state index contributed by atoms with van der Waals surface area (Å²) in [6.45, 7) is 7.16. The molecule has 1 N–H and O–H groups in total. The molecule has 0 spiro atoms. The van der Waals surface area contributed by atoms with Crippen LogP contribution in [0.1, 0.15) is 26.3 Å². The molecule has 0 unspecified atom stereocenters. The van der Waals surface area contributed by atoms with E-state index < -0.39 is 0 Å². The number of nitrogens with one attached hydrogen (secondary N) is 1. The lowest BCUT2D eigenvalue weighted by Crippen LogP contribution is -2.21. The number of hydrogen-bond donors (Lipinski definition) is 1. The molecule has 0 radical (unpaired) electrons. The quantitative estimate of drug-likeness (QED) is 0.767. The number of benzene rings is 1. The molecule has 3 heteroatoms. The van der Waals surface area contributed by atoms with Crippen molar-refractivity contribution in [2.24, 2.45) is 0 Å². The highest BCUT2D eigenvalue weighted by Gasteiger charge is 2.02. The first-order valence-corrected chi connectivity index (χ1v) is 5.88. The molecule has 2 nitrogen and oxygen atoms in total. The number of rotatable bonds is 6. The third-order valence-electron chi connectivity index (χ3n) is 2.23. The highest BCUT2D eigenvalue weighted by atomic mass is 19.1. The molecule has 1 rings (SSSR count). The molecule has 17 heavy (non-hydrogen) atoms. The van der Waals surface area contributed by atoms with Crippen molar-refractivity contribution in [3.63, 3.8) is 0 Å². The topological polar surface area (TPSA) is 21.3 Å². The van der Waals surface area contributed by atoms with Crippen LogP contribution in [-0.4, -0.2) is 12.6 Å². The van der Waals surface area contributed by atoms with Crippen LogP contribution in [0.5, 0.6) is 5.75 Å². The maximum atomic E-state index is 13.3. The largest absolute Gasteiger partial charge is 0.489 e. The number of halogens is 1. The normalized spacial score (nSPS) is 11.4. The molecule has 94 valence electrons. The summed E-state index contributed by atoms with van der Waals surface area (Å²) in [5.74, 6) is 0.312. The van der Waals surface area contributed by atoms with Crippen molar-refractivity contribution in [3.05, 3.63) is 41.7 Å². The van der Waals surface area contributed by atoms with E-state index in [9.17, 15) is 4.39 Å². The fourth-order valence-corrected chi connectivity index (χ4v) is 1.37. The van der Waals surface area contributed by atoms with Crippen molar-refractivity contribution >= 4 is 0 Å². The molecule has 0 saturated carbocycles. The first-order valence-electron chi connectivity index (χ1n) is 5.88. The van der Waals surface area contributed by atoms with Crippen molar-refractivity contribution in [1.82, 2.24) is 5.32 Å². The summed E-state index contributed by atoms with van der Waals surface area (Å²) in [7, 11) is 0. The third-order valence-corrected chi connectivity index (χ3v) is 2.23. The van der Waals surface area contributed by atoms with Gasteiger partial charge in [0.05, 0.1) is 0 Å². The SMILES string of the molecule is C/C=C/COc1cc(F)cc(CNC(C)C)c1. The summed E-state index contributed by atoms with van der Waals surface area (Å²) < 4.78 is 18.8. The highest BCUT2D eigenvalue weighted by molar-refractivity contribution is 5.29. The molecule has 0 aliphatic heterocycles. The fourth-order valence-electron chi connectivity index (χ4n) is 1.37. The van der Waals surface area contributed by atoms with E-state index in [-0.39, 0.29) is 5.82 Å². The summed E-state index contributed by atoms with van der Waals surface area (Å²) in [5.41, 5.74) is 0.897. The molecule has 0 aliphatic carbocycles. The Morgan fingerprint density at radius 2 is 2.12 bits per heavy atom. The maximum Gasteiger partial charge on any atom is 0.127 e. The van der Waals surface area contributed by atoms with Crippen LogP contribution >= 0.6 is 0 Å². The van der Waals surface area contributed by atoms with E-state index in [1.54, 1.807) is 0 Å². The summed E-state index contributed by atoms with van der Waals surface area (Å²) in [5, 5.41) is 3.25. The van der Waals surface area contributed by atoms with Gasteiger partial charge in [0.25, 0.3) is 0 Å². The van der Waals surface area contributed by atoms with E-state index in [1.807, 2.05) is 25.1 Å². The minimum Gasteiger partial charge on any atom is -0.489 e. The first kappa shape index (κ1) is 13.7. The van der Waals surface area contributed by atoms with Gasteiger partial charge in [0.15, 0.2) is 0 Å². The van der Waals surface area contributed by atoms with Crippen molar-refractivity contribution in [1.29, 1.82) is 0 Å². The molecule has 0 fully saturated rings. The van der Waals surface area contributed by atoms with Gasteiger partial charge in [0, 0.05) is 18.7 Å². The fraction of sp³-hybridized carbons (Fsp3) is 0.429. The average molecular weight is 237 g/mol. The Bertz CT molecular complexity index is 374. The van der Waals surface area contributed by atoms with Crippen LogP contribution in [0, 0.1) is 5.82 Å². The van der Waals surface area contributed by atoms with E-state index in [0.717, 1.165) is 5.56 Å². The van der Waals surface area contributed by atoms with E-state index in [4.69, 9.17) is 4.74 Å². The number of ether oxygens (including phenoxy) is 1. The van der Waals surface area contributed by atoms with E-state index in [2.05, 4.69) is 19.2 Å². The number of allylic oxidation sites excluding steroid dienone is 1. The second-order valence-electron chi connectivity index (χ2n) is 4.21. The van der Waals surface area contributed by atoms with Gasteiger partial charge in [-0.05, 0) is 24.6 Å². The average Bonchev–Trinajstić information content (AvgIpc) is 2.26. The van der Waals surface area contributed by atoms with Crippen LogP contribution in [0.2, 0.25) is 0 Å². The summed E-state index contributed by atoms with van der Waals surface area (Å²) in [6.07, 6.45) is 3.79. The molecule has 0 amide bonds. The lowest BCUT2D eigenvalue weighted by Gasteiger charge is -2.10. The van der Waals surface area contributed by atoms with E-state index in [1.165, 1.54) is 12.1 Å². The van der Waals surface area contributed by atoms with Gasteiger partial charge < -0.3 is 10.1 Å². The first-order chi connectivity index (χ1) is 8.11. The van der Waals surface area contributed by atoms with Crippen molar-refractivity contribution in [2.75, 3.05) is 6.61 Å². The molecule has 0 saturated heterocycles. The lowest BCUT2D eigenvalue weighted by atomic mass is 10.2. The smallest absolute Gasteiger partial charge is 0.127 e. The molecule has 0 bridgehead atoms. The summed E-state index contributed by atoms with van der Waals surface area (Å²) in [4.78, 5) is 0. The molecule has 1 aromatic carbocycles. The van der Waals surface area contributed by atoms with Crippen LogP contribution in [0.25, 0.3) is 0 Å². The van der Waals surface area contributed by atoms with Gasteiger partial charge in [-0.2, -0.15) is 0 Å². The molecule has 0 heterocycles. The molecular formula is C14H20FNO. The van der Waals surface area contributed by atoms with Crippen LogP contribution < -0.4 is 10.1 Å². The van der Waals surface area contributed by atoms with E-state index >= 15 is 0 Å². The Morgan fingerprint density at radius 1 is 1.35 bits per heavy atom. The van der Waals surface area contributed by atoms with Crippen LogP contribution in [0.4, 0.5) is 4.39 Å². The molecule has 1 aromatic rings. The molecular weight excluding hydrogens is 217 g/mol. The Labute approximate surface area is 102 Å².